The van der Waals surface area contributed by atoms with Gasteiger partial charge in [0, 0.05) is 43.7 Å². The Morgan fingerprint density at radius 2 is 1.77 bits per heavy atom. The number of nitrogens with two attached hydrogens (primary N) is 1. The van der Waals surface area contributed by atoms with Gasteiger partial charge in [-0.05, 0) is 68.2 Å². The highest BCUT2D eigenvalue weighted by atomic mass is 32.1. The second-order valence-electron chi connectivity index (χ2n) is 10.5. The average Bonchev–Trinajstić information content (AvgIpc) is 3.14. The van der Waals surface area contributed by atoms with Crippen molar-refractivity contribution < 1.29 is 14.3 Å². The van der Waals surface area contributed by atoms with Gasteiger partial charge in [0.1, 0.15) is 27.7 Å². The van der Waals surface area contributed by atoms with Gasteiger partial charge in [0.2, 0.25) is 0 Å². The molecule has 35 heavy (non-hydrogen) atoms. The molecule has 196 valence electrons. The highest BCUT2D eigenvalue weighted by Gasteiger charge is 2.27. The number of rotatable bonds is 10. The van der Waals surface area contributed by atoms with Gasteiger partial charge in [-0.15, -0.1) is 11.3 Å². The van der Waals surface area contributed by atoms with Gasteiger partial charge in [-0.25, -0.2) is 9.78 Å². The Morgan fingerprint density at radius 3 is 2.34 bits per heavy atom. The number of esters is 1. The number of carbonyl (C=O) groups excluding carboxylic acids is 1. The molecule has 1 fully saturated rings. The first-order chi connectivity index (χ1) is 16.5. The zero-order chi connectivity index (χ0) is 25.8. The van der Waals surface area contributed by atoms with Crippen LogP contribution in [0.2, 0.25) is 0 Å². The Hall–Kier alpha value is -1.98. The first-order valence-electron chi connectivity index (χ1n) is 12.4. The van der Waals surface area contributed by atoms with Gasteiger partial charge >= 0.3 is 5.97 Å². The first kappa shape index (κ1) is 27.6. The Balaban J connectivity index is 1.63. The molecular weight excluding hydrogens is 464 g/mol. The van der Waals surface area contributed by atoms with E-state index in [0.717, 1.165) is 73.0 Å². The van der Waals surface area contributed by atoms with E-state index >= 15 is 0 Å². The number of fused-ring (bicyclic) bond motifs is 1. The summed E-state index contributed by atoms with van der Waals surface area (Å²) in [5, 5.41) is 0.810. The third kappa shape index (κ3) is 7.27. The number of carbonyl (C=O) groups is 1. The molecule has 1 aliphatic rings. The first-order valence-corrected chi connectivity index (χ1v) is 13.2. The predicted molar refractivity (Wildman–Crippen MR) is 144 cm³/mol. The number of anilines is 1. The minimum atomic E-state index is -0.594. The van der Waals surface area contributed by atoms with E-state index in [1.54, 1.807) is 0 Å². The van der Waals surface area contributed by atoms with Crippen LogP contribution in [0.25, 0.3) is 10.2 Å². The van der Waals surface area contributed by atoms with E-state index in [-0.39, 0.29) is 0 Å². The number of hydrazine groups is 1. The second kappa shape index (κ2) is 11.8. The van der Waals surface area contributed by atoms with E-state index in [0.29, 0.717) is 17.2 Å². The number of aryl methyl sites for hydroxylation is 2. The SMILES string of the molecule is Cc1nc2sc(C(=O)OC(C)(C)C)c(NN)c2c(C)c1OCCN1CCN(CCCN(C)C)CC1. The van der Waals surface area contributed by atoms with Crippen molar-refractivity contribution >= 4 is 33.2 Å². The normalized spacial score (nSPS) is 15.7. The summed E-state index contributed by atoms with van der Waals surface area (Å²) in [7, 11) is 4.25. The van der Waals surface area contributed by atoms with Crippen molar-refractivity contribution in [2.75, 3.05) is 71.9 Å². The molecule has 0 aliphatic carbocycles. The lowest BCUT2D eigenvalue weighted by Crippen LogP contribution is -2.47. The smallest absolute Gasteiger partial charge is 0.351 e. The van der Waals surface area contributed by atoms with E-state index in [2.05, 4.69) is 34.2 Å². The van der Waals surface area contributed by atoms with Crippen molar-refractivity contribution in [1.29, 1.82) is 0 Å². The van der Waals surface area contributed by atoms with Crippen molar-refractivity contribution in [2.45, 2.75) is 46.6 Å². The lowest BCUT2D eigenvalue weighted by Gasteiger charge is -2.34. The molecule has 1 aliphatic heterocycles. The molecular formula is C25H42N6O3S. The van der Waals surface area contributed by atoms with Crippen LogP contribution < -0.4 is 16.0 Å². The minimum absolute atomic E-state index is 0.408. The molecule has 0 atom stereocenters. The maximum atomic E-state index is 12.8. The van der Waals surface area contributed by atoms with E-state index in [1.807, 2.05) is 34.6 Å². The summed E-state index contributed by atoms with van der Waals surface area (Å²) < 4.78 is 11.8. The number of nitrogen functional groups attached to an aromatic ring is 1. The molecule has 2 aromatic heterocycles. The molecule has 0 bridgehead atoms. The molecule has 3 rings (SSSR count). The molecule has 0 unspecified atom stereocenters. The number of piperazine rings is 1. The summed E-state index contributed by atoms with van der Waals surface area (Å²) in [6, 6.07) is 0. The minimum Gasteiger partial charge on any atom is -0.490 e. The van der Waals surface area contributed by atoms with Gasteiger partial charge in [-0.1, -0.05) is 0 Å². The number of aromatic nitrogens is 1. The van der Waals surface area contributed by atoms with Crippen LogP contribution in [0, 0.1) is 13.8 Å². The zero-order valence-corrected chi connectivity index (χ0v) is 23.2. The number of thiophene rings is 1. The summed E-state index contributed by atoms with van der Waals surface area (Å²) in [6.07, 6.45) is 1.21. The Kier molecular flexibility index (Phi) is 9.34. The fraction of sp³-hybridized carbons (Fsp3) is 0.680. The van der Waals surface area contributed by atoms with Gasteiger partial charge in [0.25, 0.3) is 0 Å². The van der Waals surface area contributed by atoms with E-state index in [1.165, 1.54) is 17.8 Å². The van der Waals surface area contributed by atoms with Crippen LogP contribution in [0.3, 0.4) is 0 Å². The van der Waals surface area contributed by atoms with Crippen LogP contribution in [-0.4, -0.2) is 97.8 Å². The van der Waals surface area contributed by atoms with Crippen molar-refractivity contribution in [3.8, 4) is 5.75 Å². The number of hydrogen-bond acceptors (Lipinski definition) is 10. The van der Waals surface area contributed by atoms with Gasteiger partial charge in [-0.3, -0.25) is 10.7 Å². The summed E-state index contributed by atoms with van der Waals surface area (Å²) in [4.78, 5) is 25.9. The standard InChI is InChI=1S/C25H42N6O3S/c1-17-19-20(28-26)22(24(32)34-25(3,4)5)35-23(19)27-18(2)21(17)33-16-15-31-13-11-30(12-14-31)10-8-9-29(6)7/h28H,8-16,26H2,1-7H3. The topological polar surface area (TPSA) is 96.2 Å². The van der Waals surface area contributed by atoms with E-state index < -0.39 is 11.6 Å². The molecule has 1 saturated heterocycles. The second-order valence-corrected chi connectivity index (χ2v) is 11.5. The fourth-order valence-corrected chi connectivity index (χ4v) is 5.50. The van der Waals surface area contributed by atoms with E-state index in [9.17, 15) is 4.79 Å². The molecule has 0 spiro atoms. The predicted octanol–water partition coefficient (Wildman–Crippen LogP) is 3.10. The van der Waals surface area contributed by atoms with Gasteiger partial charge < -0.3 is 24.7 Å². The maximum absolute atomic E-state index is 12.8. The van der Waals surface area contributed by atoms with Crippen LogP contribution in [0.1, 0.15) is 48.1 Å². The van der Waals surface area contributed by atoms with Crippen molar-refractivity contribution in [3.05, 3.63) is 16.1 Å². The fourth-order valence-electron chi connectivity index (χ4n) is 4.38. The largest absolute Gasteiger partial charge is 0.490 e. The van der Waals surface area contributed by atoms with Crippen LogP contribution in [-0.2, 0) is 4.74 Å². The van der Waals surface area contributed by atoms with Crippen molar-refractivity contribution in [3.63, 3.8) is 0 Å². The molecule has 0 radical (unpaired) electrons. The third-order valence-corrected chi connectivity index (χ3v) is 7.19. The number of nitrogens with zero attached hydrogens (tertiary/aromatic N) is 4. The lowest BCUT2D eigenvalue weighted by atomic mass is 10.1. The van der Waals surface area contributed by atoms with Crippen LogP contribution >= 0.6 is 11.3 Å². The monoisotopic (exact) mass is 506 g/mol. The Bertz CT molecular complexity index is 1010. The average molecular weight is 507 g/mol. The third-order valence-electron chi connectivity index (χ3n) is 6.13. The molecule has 3 heterocycles. The molecule has 2 aromatic rings. The van der Waals surface area contributed by atoms with Crippen LogP contribution in [0.4, 0.5) is 5.69 Å². The molecule has 0 aromatic carbocycles. The maximum Gasteiger partial charge on any atom is 0.351 e. The van der Waals surface area contributed by atoms with Gasteiger partial charge in [0.05, 0.1) is 11.4 Å². The highest BCUT2D eigenvalue weighted by molar-refractivity contribution is 7.21. The van der Waals surface area contributed by atoms with Crippen LogP contribution in [0.15, 0.2) is 0 Å². The molecule has 3 N–H and O–H groups in total. The van der Waals surface area contributed by atoms with Gasteiger partial charge in [-0.2, -0.15) is 0 Å². The summed E-state index contributed by atoms with van der Waals surface area (Å²) >= 11 is 1.29. The zero-order valence-electron chi connectivity index (χ0n) is 22.4. The van der Waals surface area contributed by atoms with Crippen LogP contribution in [0.5, 0.6) is 5.75 Å². The number of pyridine rings is 1. The summed E-state index contributed by atoms with van der Waals surface area (Å²) in [5.41, 5.74) is 4.39. The Labute approximate surface area is 213 Å². The number of hydrogen-bond donors (Lipinski definition) is 2. The van der Waals surface area contributed by atoms with E-state index in [4.69, 9.17) is 20.3 Å². The van der Waals surface area contributed by atoms with Gasteiger partial charge in [0.15, 0.2) is 0 Å². The number of nitrogens with one attached hydrogen (secondary N) is 1. The number of ether oxygens (including phenoxy) is 2. The molecule has 0 amide bonds. The molecule has 0 saturated carbocycles. The molecule has 10 heteroatoms. The van der Waals surface area contributed by atoms with Crippen molar-refractivity contribution in [2.24, 2.45) is 5.84 Å². The quantitative estimate of drug-likeness (QED) is 0.286. The highest BCUT2D eigenvalue weighted by Crippen LogP contribution is 2.41. The summed E-state index contributed by atoms with van der Waals surface area (Å²) in [5.74, 6) is 6.19. The molecule has 9 nitrogen and oxygen atoms in total. The Morgan fingerprint density at radius 1 is 1.14 bits per heavy atom. The van der Waals surface area contributed by atoms with Crippen molar-refractivity contribution in [1.82, 2.24) is 19.7 Å². The summed E-state index contributed by atoms with van der Waals surface area (Å²) in [6.45, 7) is 17.6. The lowest BCUT2D eigenvalue weighted by molar-refractivity contribution is 0.00763.